The first kappa shape index (κ1) is 15.3. The van der Waals surface area contributed by atoms with Crippen LogP contribution in [0.4, 0.5) is 0 Å². The van der Waals surface area contributed by atoms with Crippen molar-refractivity contribution in [2.75, 3.05) is 0 Å². The minimum absolute atomic E-state index is 0.0970. The van der Waals surface area contributed by atoms with Crippen molar-refractivity contribution in [3.8, 4) is 0 Å². The van der Waals surface area contributed by atoms with Gasteiger partial charge in [-0.3, -0.25) is 9.97 Å². The molecule has 126 valence electrons. The largest absolute Gasteiger partial charge is 0.360 e. The van der Waals surface area contributed by atoms with Crippen LogP contribution in [-0.2, 0) is 0 Å². The predicted molar refractivity (Wildman–Crippen MR) is 107 cm³/mol. The van der Waals surface area contributed by atoms with E-state index in [2.05, 4.69) is 84.7 Å². The molecule has 0 aliphatic rings. The molecule has 26 heavy (non-hydrogen) atoms. The van der Waals surface area contributed by atoms with Gasteiger partial charge in [-0.2, -0.15) is 0 Å². The molecule has 0 fully saturated rings. The highest BCUT2D eigenvalue weighted by Gasteiger charge is 2.23. The van der Waals surface area contributed by atoms with E-state index in [-0.39, 0.29) is 5.92 Å². The summed E-state index contributed by atoms with van der Waals surface area (Å²) in [5.41, 5.74) is 5.79. The topological polar surface area (TPSA) is 57.4 Å². The van der Waals surface area contributed by atoms with Crippen molar-refractivity contribution in [3.05, 3.63) is 94.7 Å². The van der Waals surface area contributed by atoms with E-state index in [4.69, 9.17) is 0 Å². The monoisotopic (exact) mass is 402 g/mol. The van der Waals surface area contributed by atoms with Gasteiger partial charge in [0.1, 0.15) is 0 Å². The van der Waals surface area contributed by atoms with E-state index in [1.54, 1.807) is 0 Å². The number of pyridine rings is 2. The smallest absolute Gasteiger partial charge is 0.0643 e. The zero-order valence-corrected chi connectivity index (χ0v) is 15.4. The molecule has 0 unspecified atom stereocenters. The average molecular weight is 403 g/mol. The molecule has 0 saturated carbocycles. The van der Waals surface area contributed by atoms with E-state index in [0.29, 0.717) is 0 Å². The lowest BCUT2D eigenvalue weighted by Crippen LogP contribution is -2.02. The molecule has 4 nitrogen and oxygen atoms in total. The Morgan fingerprint density at radius 2 is 1.42 bits per heavy atom. The van der Waals surface area contributed by atoms with Crippen LogP contribution in [0.5, 0.6) is 0 Å². The summed E-state index contributed by atoms with van der Waals surface area (Å²) in [5.74, 6) is 0.0970. The first-order valence-electron chi connectivity index (χ1n) is 8.39. The molecule has 4 aromatic heterocycles. The predicted octanol–water partition coefficient (Wildman–Crippen LogP) is 5.38. The second-order valence-electron chi connectivity index (χ2n) is 6.32. The van der Waals surface area contributed by atoms with Crippen molar-refractivity contribution < 1.29 is 0 Å². The Labute approximate surface area is 158 Å². The number of benzene rings is 1. The molecule has 5 rings (SSSR count). The number of hydrogen-bond acceptors (Lipinski definition) is 2. The lowest BCUT2D eigenvalue weighted by molar-refractivity contribution is 0.996. The Hall–Kier alpha value is -2.92. The van der Waals surface area contributed by atoms with Gasteiger partial charge < -0.3 is 9.97 Å². The number of nitrogens with zero attached hydrogens (tertiary/aromatic N) is 2. The van der Waals surface area contributed by atoms with Crippen LogP contribution in [0, 0.1) is 0 Å². The molecule has 0 aliphatic carbocycles. The molecule has 5 heteroatoms. The molecule has 1 aromatic carbocycles. The first-order valence-corrected chi connectivity index (χ1v) is 9.18. The summed E-state index contributed by atoms with van der Waals surface area (Å²) in [6.45, 7) is 0. The van der Waals surface area contributed by atoms with Crippen LogP contribution in [0.1, 0.15) is 22.6 Å². The van der Waals surface area contributed by atoms with Gasteiger partial charge in [-0.15, -0.1) is 0 Å². The minimum atomic E-state index is 0.0970. The van der Waals surface area contributed by atoms with E-state index in [1.807, 2.05) is 24.8 Å². The number of aromatic amines is 2. The van der Waals surface area contributed by atoms with E-state index in [1.165, 1.54) is 27.5 Å². The fraction of sp³-hybridized carbons (Fsp3) is 0.0476. The summed E-state index contributed by atoms with van der Waals surface area (Å²) in [7, 11) is 0. The molecule has 0 spiro atoms. The van der Waals surface area contributed by atoms with Gasteiger partial charge >= 0.3 is 0 Å². The van der Waals surface area contributed by atoms with Crippen LogP contribution < -0.4 is 0 Å². The summed E-state index contributed by atoms with van der Waals surface area (Å²) < 4.78 is 1.07. The van der Waals surface area contributed by atoms with Crippen LogP contribution >= 0.6 is 15.9 Å². The van der Waals surface area contributed by atoms with E-state index in [9.17, 15) is 0 Å². The maximum absolute atomic E-state index is 4.23. The van der Waals surface area contributed by atoms with E-state index < -0.39 is 0 Å². The lowest BCUT2D eigenvalue weighted by Gasteiger charge is -2.17. The summed E-state index contributed by atoms with van der Waals surface area (Å²) in [5, 5.41) is 2.38. The third kappa shape index (κ3) is 2.44. The minimum Gasteiger partial charge on any atom is -0.360 e. The van der Waals surface area contributed by atoms with Gasteiger partial charge in [-0.05, 0) is 41.0 Å². The number of halogens is 1. The molecule has 0 bridgehead atoms. The lowest BCUT2D eigenvalue weighted by atomic mass is 9.85. The van der Waals surface area contributed by atoms with Gasteiger partial charge in [-0.1, -0.05) is 28.1 Å². The normalized spacial score (nSPS) is 11.6. The molecule has 2 N–H and O–H groups in total. The molecule has 4 heterocycles. The third-order valence-corrected chi connectivity index (χ3v) is 5.33. The standard InChI is InChI=1S/C21H15BrN4/c22-14-3-1-2-13(8-14)21(17-9-25-19-11-23-6-4-15(17)19)18-10-26-20-12-24-7-5-16(18)20/h1-12,21,25-26H. The van der Waals surface area contributed by atoms with Crippen molar-refractivity contribution in [1.29, 1.82) is 0 Å². The maximum Gasteiger partial charge on any atom is 0.0643 e. The van der Waals surface area contributed by atoms with Crippen LogP contribution in [-0.4, -0.2) is 19.9 Å². The quantitative estimate of drug-likeness (QED) is 0.425. The van der Waals surface area contributed by atoms with Crippen molar-refractivity contribution in [3.63, 3.8) is 0 Å². The number of hydrogen-bond donors (Lipinski definition) is 2. The Morgan fingerprint density at radius 1 is 0.808 bits per heavy atom. The van der Waals surface area contributed by atoms with Gasteiger partial charge in [0.25, 0.3) is 0 Å². The molecule has 0 radical (unpaired) electrons. The summed E-state index contributed by atoms with van der Waals surface area (Å²) in [6, 6.07) is 12.6. The van der Waals surface area contributed by atoms with Gasteiger partial charge in [0.2, 0.25) is 0 Å². The van der Waals surface area contributed by atoms with Crippen LogP contribution in [0.25, 0.3) is 21.8 Å². The Morgan fingerprint density at radius 3 is 2.00 bits per heavy atom. The molecule has 0 aliphatic heterocycles. The van der Waals surface area contributed by atoms with Crippen molar-refractivity contribution in [2.45, 2.75) is 5.92 Å². The second kappa shape index (κ2) is 6.11. The van der Waals surface area contributed by atoms with Gasteiger partial charge in [0, 0.05) is 46.0 Å². The molecule has 5 aromatic rings. The Bertz CT molecular complexity index is 1150. The third-order valence-electron chi connectivity index (χ3n) is 4.83. The zero-order valence-electron chi connectivity index (χ0n) is 13.8. The zero-order chi connectivity index (χ0) is 17.5. The maximum atomic E-state index is 4.23. The van der Waals surface area contributed by atoms with Crippen LogP contribution in [0.3, 0.4) is 0 Å². The van der Waals surface area contributed by atoms with Crippen molar-refractivity contribution in [2.24, 2.45) is 0 Å². The summed E-state index contributed by atoms with van der Waals surface area (Å²) in [4.78, 5) is 15.2. The Balaban J connectivity index is 1.81. The Kier molecular flexibility index (Phi) is 3.60. The number of rotatable bonds is 3. The fourth-order valence-electron chi connectivity index (χ4n) is 3.68. The number of aromatic nitrogens is 4. The van der Waals surface area contributed by atoms with Crippen molar-refractivity contribution >= 4 is 37.7 Å². The molecule has 0 amide bonds. The van der Waals surface area contributed by atoms with Gasteiger partial charge in [-0.25, -0.2) is 0 Å². The number of fused-ring (bicyclic) bond motifs is 2. The molecule has 0 atom stereocenters. The summed E-state index contributed by atoms with van der Waals surface area (Å²) in [6.07, 6.45) is 11.6. The second-order valence-corrected chi connectivity index (χ2v) is 7.23. The number of H-pyrrole nitrogens is 2. The summed E-state index contributed by atoms with van der Waals surface area (Å²) >= 11 is 3.62. The van der Waals surface area contributed by atoms with Gasteiger partial charge in [0.05, 0.1) is 23.4 Å². The molecule has 0 saturated heterocycles. The highest BCUT2D eigenvalue weighted by molar-refractivity contribution is 9.10. The van der Waals surface area contributed by atoms with E-state index in [0.717, 1.165) is 15.5 Å². The van der Waals surface area contributed by atoms with Crippen LogP contribution in [0.2, 0.25) is 0 Å². The fourth-order valence-corrected chi connectivity index (χ4v) is 4.10. The SMILES string of the molecule is Brc1cccc(C(c2c[nH]c3cnccc23)c2c[nH]c3cnccc23)c1. The van der Waals surface area contributed by atoms with Crippen LogP contribution in [0.15, 0.2) is 78.1 Å². The van der Waals surface area contributed by atoms with E-state index >= 15 is 0 Å². The number of nitrogens with one attached hydrogen (secondary N) is 2. The highest BCUT2D eigenvalue weighted by atomic mass is 79.9. The average Bonchev–Trinajstić information content (AvgIpc) is 3.28. The molecular formula is C21H15BrN4. The molecular weight excluding hydrogens is 388 g/mol. The first-order chi connectivity index (χ1) is 12.8. The van der Waals surface area contributed by atoms with Gasteiger partial charge in [0.15, 0.2) is 0 Å². The highest BCUT2D eigenvalue weighted by Crippen LogP contribution is 2.39. The van der Waals surface area contributed by atoms with Crippen molar-refractivity contribution in [1.82, 2.24) is 19.9 Å².